The highest BCUT2D eigenvalue weighted by molar-refractivity contribution is 7.88. The molecule has 0 spiro atoms. The monoisotopic (exact) mass is 676 g/mol. The van der Waals surface area contributed by atoms with E-state index in [-0.39, 0.29) is 5.92 Å². The molecule has 0 unspecified atom stereocenters. The van der Waals surface area contributed by atoms with Gasteiger partial charge in [-0.3, -0.25) is 19.3 Å². The Kier molecular flexibility index (Phi) is 8.42. The second-order valence-electron chi connectivity index (χ2n) is 11.7. The Morgan fingerprint density at radius 3 is 1.67 bits per heavy atom. The van der Waals surface area contributed by atoms with Crippen LogP contribution >= 0.6 is 23.2 Å². The number of nitrogens with one attached hydrogen (secondary N) is 1. The number of hydrogen-bond acceptors (Lipinski definition) is 9. The maximum Gasteiger partial charge on any atom is 0.211 e. The topological polar surface area (TPSA) is 137 Å². The van der Waals surface area contributed by atoms with Crippen molar-refractivity contribution in [1.29, 1.82) is 0 Å². The highest BCUT2D eigenvalue weighted by atomic mass is 35.5. The Hall–Kier alpha value is -4.01. The Bertz CT molecular complexity index is 2140. The van der Waals surface area contributed by atoms with Crippen LogP contribution in [0.5, 0.6) is 0 Å². The van der Waals surface area contributed by atoms with Crippen molar-refractivity contribution in [2.75, 3.05) is 32.4 Å². The van der Waals surface area contributed by atoms with E-state index in [0.29, 0.717) is 35.9 Å². The fourth-order valence-corrected chi connectivity index (χ4v) is 6.69. The minimum Gasteiger partial charge on any atom is -0.316 e. The van der Waals surface area contributed by atoms with Crippen LogP contribution < -0.4 is 5.32 Å². The molecular formula is C31H30Cl2N10O2S. The van der Waals surface area contributed by atoms with E-state index in [1.165, 1.54) is 10.6 Å². The van der Waals surface area contributed by atoms with Gasteiger partial charge in [-0.15, -0.1) is 0 Å². The van der Waals surface area contributed by atoms with Crippen molar-refractivity contribution in [3.8, 4) is 22.3 Å². The van der Waals surface area contributed by atoms with Crippen molar-refractivity contribution in [3.05, 3.63) is 83.9 Å². The second kappa shape index (κ2) is 12.6. The molecule has 12 nitrogen and oxygen atoms in total. The molecule has 8 heterocycles. The number of nitrogens with zero attached hydrogens (tertiary/aromatic N) is 9. The molecule has 0 bridgehead atoms. The third-order valence-corrected chi connectivity index (χ3v) is 9.75. The molecule has 0 aromatic carbocycles. The van der Waals surface area contributed by atoms with Crippen LogP contribution in [0.3, 0.4) is 0 Å². The summed E-state index contributed by atoms with van der Waals surface area (Å²) in [5.41, 5.74) is 7.09. The molecule has 15 heteroatoms. The highest BCUT2D eigenvalue weighted by Crippen LogP contribution is 2.25. The SMILES string of the molecule is CS(=O)(=O)N1CC(Cn2cc(-c3cnc4ccc(Cl)nc4c3)cn2)C1.Clc1ccc2ncc(-c3cnn(CC4CNC4)c3)cc2n1. The third kappa shape index (κ3) is 6.88. The Labute approximate surface area is 275 Å². The van der Waals surface area contributed by atoms with E-state index in [0.717, 1.165) is 64.0 Å². The largest absolute Gasteiger partial charge is 0.316 e. The van der Waals surface area contributed by atoms with Gasteiger partial charge in [0.15, 0.2) is 0 Å². The molecule has 6 aromatic heterocycles. The Morgan fingerprint density at radius 2 is 1.22 bits per heavy atom. The van der Waals surface area contributed by atoms with Gasteiger partial charge in [0, 0.05) is 98.1 Å². The number of fused-ring (bicyclic) bond motifs is 2. The molecule has 2 saturated heterocycles. The summed E-state index contributed by atoms with van der Waals surface area (Å²) in [6.45, 7) is 4.90. The number of aromatic nitrogens is 8. The van der Waals surface area contributed by atoms with Gasteiger partial charge in [0.05, 0.1) is 40.7 Å². The minimum atomic E-state index is -3.08. The first-order valence-electron chi connectivity index (χ1n) is 14.7. The van der Waals surface area contributed by atoms with Crippen molar-refractivity contribution in [2.45, 2.75) is 13.1 Å². The summed E-state index contributed by atoms with van der Waals surface area (Å²) in [7, 11) is -3.08. The molecule has 8 rings (SSSR count). The zero-order valence-electron chi connectivity index (χ0n) is 24.8. The van der Waals surface area contributed by atoms with Gasteiger partial charge in [-0.05, 0) is 36.4 Å². The fraction of sp³-hybridized carbons (Fsp3) is 0.290. The predicted molar refractivity (Wildman–Crippen MR) is 178 cm³/mol. The summed E-state index contributed by atoms with van der Waals surface area (Å²) in [6, 6.07) is 11.1. The van der Waals surface area contributed by atoms with Crippen LogP contribution in [0, 0.1) is 11.8 Å². The van der Waals surface area contributed by atoms with Gasteiger partial charge < -0.3 is 5.32 Å². The van der Waals surface area contributed by atoms with Gasteiger partial charge in [0.2, 0.25) is 10.0 Å². The molecule has 6 aromatic rings. The average Bonchev–Trinajstić information content (AvgIpc) is 3.66. The van der Waals surface area contributed by atoms with Crippen LogP contribution in [0.4, 0.5) is 0 Å². The molecule has 0 atom stereocenters. The Balaban J connectivity index is 0.000000149. The molecular weight excluding hydrogens is 647 g/mol. The normalized spacial score (nSPS) is 15.8. The van der Waals surface area contributed by atoms with Gasteiger partial charge in [0.1, 0.15) is 10.3 Å². The molecule has 1 N–H and O–H groups in total. The maximum atomic E-state index is 11.4. The highest BCUT2D eigenvalue weighted by Gasteiger charge is 2.33. The lowest BCUT2D eigenvalue weighted by atomic mass is 10.0. The van der Waals surface area contributed by atoms with E-state index in [1.54, 1.807) is 24.5 Å². The summed E-state index contributed by atoms with van der Waals surface area (Å²) >= 11 is 11.9. The minimum absolute atomic E-state index is 0.290. The van der Waals surface area contributed by atoms with Crippen LogP contribution in [0.2, 0.25) is 10.3 Å². The zero-order valence-corrected chi connectivity index (χ0v) is 27.2. The quantitative estimate of drug-likeness (QED) is 0.244. The molecule has 0 amide bonds. The van der Waals surface area contributed by atoms with Crippen LogP contribution in [-0.4, -0.2) is 84.7 Å². The van der Waals surface area contributed by atoms with Crippen molar-refractivity contribution < 1.29 is 8.42 Å². The third-order valence-electron chi connectivity index (χ3n) is 8.09. The van der Waals surface area contributed by atoms with E-state index in [2.05, 4.69) is 41.6 Å². The lowest BCUT2D eigenvalue weighted by Gasteiger charge is -2.36. The number of rotatable bonds is 7. The van der Waals surface area contributed by atoms with E-state index in [1.807, 2.05) is 52.2 Å². The molecule has 2 fully saturated rings. The van der Waals surface area contributed by atoms with Gasteiger partial charge >= 0.3 is 0 Å². The van der Waals surface area contributed by atoms with E-state index >= 15 is 0 Å². The fourth-order valence-electron chi connectivity index (χ4n) is 5.42. The zero-order chi connectivity index (χ0) is 31.8. The van der Waals surface area contributed by atoms with Crippen molar-refractivity contribution in [1.82, 2.24) is 49.1 Å². The molecule has 2 aliphatic heterocycles. The van der Waals surface area contributed by atoms with E-state index in [4.69, 9.17) is 23.2 Å². The summed E-state index contributed by atoms with van der Waals surface area (Å²) < 4.78 is 28.1. The van der Waals surface area contributed by atoms with Gasteiger partial charge in [-0.2, -0.15) is 10.2 Å². The standard InChI is InChI=1S/C16H16ClN5O2S.C15H14ClN5/c1-25(23,24)22-8-11(9-22)7-21-10-13(6-19-21)12-4-15-14(18-5-12)2-3-16(17)20-15;16-15-2-1-13-14(20-15)3-11(6-18-13)12-7-19-21(9-12)8-10-4-17-5-10/h2-6,10-11H,7-9H2,1H3;1-3,6-7,9-10,17H,4-5,8H2. The molecule has 0 aliphatic carbocycles. The Morgan fingerprint density at radius 1 is 0.717 bits per heavy atom. The lowest BCUT2D eigenvalue weighted by Crippen LogP contribution is -2.50. The summed E-state index contributed by atoms with van der Waals surface area (Å²) in [5.74, 6) is 0.977. The summed E-state index contributed by atoms with van der Waals surface area (Å²) in [4.78, 5) is 17.4. The molecule has 2 aliphatic rings. The lowest BCUT2D eigenvalue weighted by molar-refractivity contribution is 0.176. The number of sulfonamides is 1. The van der Waals surface area contributed by atoms with E-state index in [9.17, 15) is 8.42 Å². The van der Waals surface area contributed by atoms with Crippen LogP contribution in [0.25, 0.3) is 44.3 Å². The van der Waals surface area contributed by atoms with Crippen LogP contribution in [0.1, 0.15) is 0 Å². The van der Waals surface area contributed by atoms with Crippen molar-refractivity contribution in [2.24, 2.45) is 11.8 Å². The smallest absolute Gasteiger partial charge is 0.211 e. The van der Waals surface area contributed by atoms with Gasteiger partial charge in [-0.25, -0.2) is 22.7 Å². The maximum absolute atomic E-state index is 11.4. The summed E-state index contributed by atoms with van der Waals surface area (Å²) in [6.07, 6.45) is 12.5. The average molecular weight is 678 g/mol. The van der Waals surface area contributed by atoms with Crippen molar-refractivity contribution >= 4 is 55.3 Å². The number of halogens is 2. The predicted octanol–water partition coefficient (Wildman–Crippen LogP) is 4.40. The first-order chi connectivity index (χ1) is 22.2. The summed E-state index contributed by atoms with van der Waals surface area (Å²) in [5, 5.41) is 13.0. The first kappa shape index (κ1) is 30.6. The van der Waals surface area contributed by atoms with Crippen LogP contribution in [0.15, 0.2) is 73.6 Å². The first-order valence-corrected chi connectivity index (χ1v) is 17.3. The number of pyridine rings is 4. The second-order valence-corrected chi connectivity index (χ2v) is 14.4. The molecule has 46 heavy (non-hydrogen) atoms. The molecule has 0 saturated carbocycles. The van der Waals surface area contributed by atoms with Gasteiger partial charge in [0.25, 0.3) is 0 Å². The molecule has 236 valence electrons. The van der Waals surface area contributed by atoms with E-state index < -0.39 is 10.0 Å². The van der Waals surface area contributed by atoms with Crippen molar-refractivity contribution in [3.63, 3.8) is 0 Å². The number of hydrogen-bond donors (Lipinski definition) is 1. The molecule has 0 radical (unpaired) electrons. The van der Waals surface area contributed by atoms with Gasteiger partial charge in [-0.1, -0.05) is 23.2 Å². The van der Waals surface area contributed by atoms with Crippen LogP contribution in [-0.2, 0) is 23.1 Å².